The molecule has 0 aliphatic heterocycles. The predicted octanol–water partition coefficient (Wildman–Crippen LogP) is 4.17. The van der Waals surface area contributed by atoms with Crippen molar-refractivity contribution >= 4 is 17.3 Å². The molecule has 2 rings (SSSR count). The van der Waals surface area contributed by atoms with Crippen molar-refractivity contribution in [3.05, 3.63) is 60.2 Å². The molecule has 2 aromatic rings. The summed E-state index contributed by atoms with van der Waals surface area (Å²) in [5.41, 5.74) is 8.63. The molecule has 0 aliphatic carbocycles. The molecule has 0 aliphatic rings. The van der Waals surface area contributed by atoms with Crippen LogP contribution in [0.5, 0.6) is 0 Å². The lowest BCUT2D eigenvalue weighted by atomic mass is 10.1. The van der Waals surface area contributed by atoms with E-state index in [-0.39, 0.29) is 5.91 Å². The van der Waals surface area contributed by atoms with Crippen LogP contribution in [0.4, 0.5) is 11.4 Å². The lowest BCUT2D eigenvalue weighted by Gasteiger charge is -2.23. The molecular formula is C21H29N3O. The molecular weight excluding hydrogens is 310 g/mol. The quantitative estimate of drug-likeness (QED) is 0.639. The Morgan fingerprint density at radius 3 is 2.40 bits per heavy atom. The lowest BCUT2D eigenvalue weighted by Crippen LogP contribution is -2.20. The zero-order valence-electron chi connectivity index (χ0n) is 15.1. The summed E-state index contributed by atoms with van der Waals surface area (Å²) in [4.78, 5) is 14.4. The number of anilines is 2. The molecule has 0 bridgehead atoms. The number of carbonyl (C=O) groups excluding carboxylic acids is 1. The minimum atomic E-state index is 0.0771. The van der Waals surface area contributed by atoms with Crippen LogP contribution in [0.25, 0.3) is 0 Å². The molecule has 0 spiro atoms. The van der Waals surface area contributed by atoms with Crippen molar-refractivity contribution in [2.45, 2.75) is 38.6 Å². The molecule has 0 aromatic heterocycles. The number of nitrogens with one attached hydrogen (secondary N) is 1. The first-order chi connectivity index (χ1) is 12.2. The second-order valence-electron chi connectivity index (χ2n) is 6.36. The van der Waals surface area contributed by atoms with Crippen molar-refractivity contribution < 1.29 is 4.79 Å². The number of hydrogen-bond donors (Lipinski definition) is 2. The zero-order valence-corrected chi connectivity index (χ0v) is 15.1. The van der Waals surface area contributed by atoms with Gasteiger partial charge in [0.2, 0.25) is 5.91 Å². The van der Waals surface area contributed by atoms with Gasteiger partial charge < -0.3 is 16.0 Å². The van der Waals surface area contributed by atoms with Crippen LogP contribution in [0, 0.1) is 0 Å². The van der Waals surface area contributed by atoms with E-state index in [1.54, 1.807) is 0 Å². The molecule has 4 heteroatoms. The highest BCUT2D eigenvalue weighted by atomic mass is 16.1. The predicted molar refractivity (Wildman–Crippen MR) is 106 cm³/mol. The van der Waals surface area contributed by atoms with E-state index in [9.17, 15) is 4.79 Å². The summed E-state index contributed by atoms with van der Waals surface area (Å²) in [6.45, 7) is 1.53. The molecule has 1 amide bonds. The molecule has 25 heavy (non-hydrogen) atoms. The molecule has 0 unspecified atom stereocenters. The normalized spacial score (nSPS) is 10.5. The summed E-state index contributed by atoms with van der Waals surface area (Å²) in [5, 5.41) is 3.06. The van der Waals surface area contributed by atoms with E-state index < -0.39 is 0 Å². The molecule has 0 saturated carbocycles. The van der Waals surface area contributed by atoms with Gasteiger partial charge in [0.15, 0.2) is 0 Å². The van der Waals surface area contributed by atoms with Gasteiger partial charge in [0, 0.05) is 20.0 Å². The minimum Gasteiger partial charge on any atom is -0.369 e. The summed E-state index contributed by atoms with van der Waals surface area (Å²) in [5.74, 6) is 0.0771. The van der Waals surface area contributed by atoms with Gasteiger partial charge in [0.05, 0.1) is 11.4 Å². The van der Waals surface area contributed by atoms with Crippen LogP contribution >= 0.6 is 0 Å². The molecule has 0 atom stereocenters. The van der Waals surface area contributed by atoms with Crippen molar-refractivity contribution in [2.24, 2.45) is 5.73 Å². The van der Waals surface area contributed by atoms with Crippen LogP contribution in [0.3, 0.4) is 0 Å². The average Bonchev–Trinajstić information content (AvgIpc) is 2.63. The second kappa shape index (κ2) is 10.5. The van der Waals surface area contributed by atoms with Crippen LogP contribution < -0.4 is 16.0 Å². The van der Waals surface area contributed by atoms with E-state index in [1.807, 2.05) is 49.5 Å². The minimum absolute atomic E-state index is 0.0771. The SMILES string of the molecule is CN(Cc1ccccc1)c1ccccc1NC(=O)CCCCCCN. The maximum absolute atomic E-state index is 12.2. The first kappa shape index (κ1) is 19.0. The third-order valence-electron chi connectivity index (χ3n) is 4.21. The van der Waals surface area contributed by atoms with Gasteiger partial charge in [-0.25, -0.2) is 0 Å². The van der Waals surface area contributed by atoms with Crippen molar-refractivity contribution in [1.29, 1.82) is 0 Å². The fourth-order valence-electron chi connectivity index (χ4n) is 2.85. The van der Waals surface area contributed by atoms with E-state index in [0.717, 1.165) is 50.1 Å². The molecule has 2 aromatic carbocycles. The molecule has 0 radical (unpaired) electrons. The monoisotopic (exact) mass is 339 g/mol. The number of para-hydroxylation sites is 2. The van der Waals surface area contributed by atoms with Crippen molar-refractivity contribution in [1.82, 2.24) is 0 Å². The average molecular weight is 339 g/mol. The fourth-order valence-corrected chi connectivity index (χ4v) is 2.85. The van der Waals surface area contributed by atoms with Gasteiger partial charge in [0.25, 0.3) is 0 Å². The summed E-state index contributed by atoms with van der Waals surface area (Å²) < 4.78 is 0. The van der Waals surface area contributed by atoms with E-state index >= 15 is 0 Å². The maximum Gasteiger partial charge on any atom is 0.224 e. The van der Waals surface area contributed by atoms with Gasteiger partial charge in [-0.3, -0.25) is 4.79 Å². The van der Waals surface area contributed by atoms with Gasteiger partial charge in [0.1, 0.15) is 0 Å². The number of rotatable bonds is 10. The van der Waals surface area contributed by atoms with Gasteiger partial charge in [-0.1, -0.05) is 55.3 Å². The van der Waals surface area contributed by atoms with E-state index in [1.165, 1.54) is 5.56 Å². The Kier molecular flexibility index (Phi) is 7.99. The standard InChI is InChI=1S/C21H29N3O/c1-24(17-18-11-5-4-6-12-18)20-14-9-8-13-19(20)23-21(25)15-7-2-3-10-16-22/h4-6,8-9,11-14H,2-3,7,10,15-17,22H2,1H3,(H,23,25). The van der Waals surface area contributed by atoms with Crippen molar-refractivity contribution in [2.75, 3.05) is 23.8 Å². The van der Waals surface area contributed by atoms with Crippen LogP contribution in [0.2, 0.25) is 0 Å². The third-order valence-corrected chi connectivity index (χ3v) is 4.21. The van der Waals surface area contributed by atoms with Gasteiger partial charge in [-0.2, -0.15) is 0 Å². The van der Waals surface area contributed by atoms with E-state index in [4.69, 9.17) is 5.73 Å². The number of nitrogens with zero attached hydrogens (tertiary/aromatic N) is 1. The highest BCUT2D eigenvalue weighted by molar-refractivity contribution is 5.94. The first-order valence-electron chi connectivity index (χ1n) is 9.04. The Bertz CT molecular complexity index is 643. The number of hydrogen-bond acceptors (Lipinski definition) is 3. The van der Waals surface area contributed by atoms with Gasteiger partial charge >= 0.3 is 0 Å². The number of unbranched alkanes of at least 4 members (excludes halogenated alkanes) is 3. The van der Waals surface area contributed by atoms with Gasteiger partial charge in [-0.05, 0) is 37.1 Å². The highest BCUT2D eigenvalue weighted by Gasteiger charge is 2.10. The second-order valence-corrected chi connectivity index (χ2v) is 6.36. The van der Waals surface area contributed by atoms with Crippen LogP contribution in [0.15, 0.2) is 54.6 Å². The Morgan fingerprint density at radius 2 is 1.64 bits per heavy atom. The zero-order chi connectivity index (χ0) is 17.9. The molecule has 4 nitrogen and oxygen atoms in total. The maximum atomic E-state index is 12.2. The van der Waals surface area contributed by atoms with E-state index in [0.29, 0.717) is 6.42 Å². The molecule has 3 N–H and O–H groups in total. The lowest BCUT2D eigenvalue weighted by molar-refractivity contribution is -0.116. The molecule has 0 saturated heterocycles. The number of amides is 1. The van der Waals surface area contributed by atoms with Gasteiger partial charge in [-0.15, -0.1) is 0 Å². The highest BCUT2D eigenvalue weighted by Crippen LogP contribution is 2.26. The molecule has 0 fully saturated rings. The Morgan fingerprint density at radius 1 is 0.960 bits per heavy atom. The summed E-state index contributed by atoms with van der Waals surface area (Å²) in [6.07, 6.45) is 4.66. The smallest absolute Gasteiger partial charge is 0.224 e. The summed E-state index contributed by atoms with van der Waals surface area (Å²) >= 11 is 0. The Hall–Kier alpha value is -2.33. The number of carbonyl (C=O) groups is 1. The Balaban J connectivity index is 1.92. The largest absolute Gasteiger partial charge is 0.369 e. The third kappa shape index (κ3) is 6.59. The summed E-state index contributed by atoms with van der Waals surface area (Å²) in [7, 11) is 2.05. The number of nitrogens with two attached hydrogens (primary N) is 1. The summed E-state index contributed by atoms with van der Waals surface area (Å²) in [6, 6.07) is 18.3. The van der Waals surface area contributed by atoms with Crippen molar-refractivity contribution in [3.8, 4) is 0 Å². The van der Waals surface area contributed by atoms with Crippen LogP contribution in [-0.2, 0) is 11.3 Å². The molecule has 134 valence electrons. The van der Waals surface area contributed by atoms with Crippen LogP contribution in [-0.4, -0.2) is 19.5 Å². The first-order valence-corrected chi connectivity index (χ1v) is 9.04. The van der Waals surface area contributed by atoms with E-state index in [2.05, 4.69) is 22.3 Å². The molecule has 0 heterocycles. The van der Waals surface area contributed by atoms with Crippen LogP contribution in [0.1, 0.15) is 37.7 Å². The van der Waals surface area contributed by atoms with Crippen molar-refractivity contribution in [3.63, 3.8) is 0 Å². The fraction of sp³-hybridized carbons (Fsp3) is 0.381. The Labute approximate surface area is 151 Å². The topological polar surface area (TPSA) is 58.4 Å². The number of benzene rings is 2.